The summed E-state index contributed by atoms with van der Waals surface area (Å²) in [5.74, 6) is 0.0686. The molecule has 33 heavy (non-hydrogen) atoms. The van der Waals surface area contributed by atoms with E-state index in [9.17, 15) is 9.18 Å². The molecule has 3 atom stereocenters. The highest BCUT2D eigenvalue weighted by molar-refractivity contribution is 5.82. The fraction of sp³-hybridized carbons (Fsp3) is 0.321. The lowest BCUT2D eigenvalue weighted by atomic mass is 9.87. The van der Waals surface area contributed by atoms with Crippen molar-refractivity contribution in [3.05, 3.63) is 107 Å². The minimum absolute atomic E-state index is 0.0318. The summed E-state index contributed by atoms with van der Waals surface area (Å²) in [5, 5.41) is 3.50. The number of nitrogens with one attached hydrogen (secondary N) is 1. The SMILES string of the molecule is O=C([C@H]1CC(CNCc2ccccc2)CO1)N1CCc2ccccc2[C@@H]1c1ccc(F)cc1. The first-order chi connectivity index (χ1) is 16.2. The van der Waals surface area contributed by atoms with Crippen LogP contribution in [-0.4, -0.2) is 36.6 Å². The molecule has 2 aliphatic rings. The number of hydrogen-bond donors (Lipinski definition) is 1. The predicted octanol–water partition coefficient (Wildman–Crippen LogP) is 4.49. The van der Waals surface area contributed by atoms with Gasteiger partial charge in [-0.15, -0.1) is 0 Å². The van der Waals surface area contributed by atoms with E-state index in [0.717, 1.165) is 37.1 Å². The van der Waals surface area contributed by atoms with E-state index in [-0.39, 0.29) is 17.8 Å². The molecule has 0 aliphatic carbocycles. The van der Waals surface area contributed by atoms with E-state index >= 15 is 0 Å². The van der Waals surface area contributed by atoms with Crippen molar-refractivity contribution in [2.24, 2.45) is 5.92 Å². The lowest BCUT2D eigenvalue weighted by Crippen LogP contribution is -2.45. The lowest BCUT2D eigenvalue weighted by Gasteiger charge is -2.39. The van der Waals surface area contributed by atoms with Gasteiger partial charge >= 0.3 is 0 Å². The number of fused-ring (bicyclic) bond motifs is 1. The topological polar surface area (TPSA) is 41.6 Å². The Kier molecular flexibility index (Phi) is 6.51. The number of hydrogen-bond acceptors (Lipinski definition) is 3. The van der Waals surface area contributed by atoms with Gasteiger partial charge in [-0.2, -0.15) is 0 Å². The summed E-state index contributed by atoms with van der Waals surface area (Å²) in [6, 6.07) is 24.8. The summed E-state index contributed by atoms with van der Waals surface area (Å²) in [5.41, 5.74) is 4.53. The van der Waals surface area contributed by atoms with E-state index < -0.39 is 6.10 Å². The van der Waals surface area contributed by atoms with Gasteiger partial charge in [0.05, 0.1) is 12.6 Å². The van der Waals surface area contributed by atoms with Crippen LogP contribution < -0.4 is 5.32 Å². The van der Waals surface area contributed by atoms with Crippen LogP contribution in [0.1, 0.15) is 34.7 Å². The highest BCUT2D eigenvalue weighted by Gasteiger charge is 2.39. The number of halogens is 1. The average molecular weight is 445 g/mol. The summed E-state index contributed by atoms with van der Waals surface area (Å²) in [7, 11) is 0. The Balaban J connectivity index is 1.27. The van der Waals surface area contributed by atoms with E-state index in [1.54, 1.807) is 12.1 Å². The van der Waals surface area contributed by atoms with Crippen molar-refractivity contribution in [2.45, 2.75) is 31.5 Å². The Labute approximate surface area is 194 Å². The summed E-state index contributed by atoms with van der Waals surface area (Å²) >= 11 is 0. The van der Waals surface area contributed by atoms with Gasteiger partial charge in [0.2, 0.25) is 0 Å². The maximum atomic E-state index is 13.6. The normalized spacial score (nSPS) is 22.2. The standard InChI is InChI=1S/C28H29FN2O2/c29-24-12-10-23(11-13-24)27-25-9-5-4-8-22(25)14-15-31(27)28(32)26-16-21(19-33-26)18-30-17-20-6-2-1-3-7-20/h1-13,21,26-27,30H,14-19H2/t21?,26-,27+/m1/s1. The van der Waals surface area contributed by atoms with Crippen LogP contribution in [-0.2, 0) is 22.5 Å². The lowest BCUT2D eigenvalue weighted by molar-refractivity contribution is -0.143. The first-order valence-electron chi connectivity index (χ1n) is 11.7. The Morgan fingerprint density at radius 1 is 1.00 bits per heavy atom. The van der Waals surface area contributed by atoms with Crippen LogP contribution in [0.15, 0.2) is 78.9 Å². The van der Waals surface area contributed by atoms with Gasteiger partial charge in [0, 0.05) is 19.6 Å². The van der Waals surface area contributed by atoms with Crippen molar-refractivity contribution in [1.82, 2.24) is 10.2 Å². The van der Waals surface area contributed by atoms with E-state index in [4.69, 9.17) is 4.74 Å². The Bertz CT molecular complexity index is 1090. The van der Waals surface area contributed by atoms with Gasteiger partial charge in [-0.1, -0.05) is 66.7 Å². The molecule has 0 aromatic heterocycles. The van der Waals surface area contributed by atoms with Crippen LogP contribution in [0, 0.1) is 11.7 Å². The van der Waals surface area contributed by atoms with Crippen molar-refractivity contribution >= 4 is 5.91 Å². The molecule has 4 nitrogen and oxygen atoms in total. The molecule has 1 N–H and O–H groups in total. The molecule has 3 aromatic carbocycles. The molecule has 2 aliphatic heterocycles. The molecule has 170 valence electrons. The van der Waals surface area contributed by atoms with Crippen LogP contribution in [0.2, 0.25) is 0 Å². The molecule has 2 heterocycles. The molecule has 0 spiro atoms. The molecule has 5 rings (SSSR count). The third-order valence-corrected chi connectivity index (χ3v) is 6.71. The van der Waals surface area contributed by atoms with Crippen molar-refractivity contribution in [3.8, 4) is 0 Å². The number of amides is 1. The molecule has 0 saturated carbocycles. The predicted molar refractivity (Wildman–Crippen MR) is 126 cm³/mol. The van der Waals surface area contributed by atoms with Crippen LogP contribution in [0.5, 0.6) is 0 Å². The van der Waals surface area contributed by atoms with Crippen molar-refractivity contribution in [3.63, 3.8) is 0 Å². The van der Waals surface area contributed by atoms with Crippen molar-refractivity contribution in [1.29, 1.82) is 0 Å². The third-order valence-electron chi connectivity index (χ3n) is 6.71. The van der Waals surface area contributed by atoms with E-state index in [0.29, 0.717) is 19.1 Å². The largest absolute Gasteiger partial charge is 0.368 e. The van der Waals surface area contributed by atoms with Gasteiger partial charge in [0.25, 0.3) is 5.91 Å². The quantitative estimate of drug-likeness (QED) is 0.609. The summed E-state index contributed by atoms with van der Waals surface area (Å²) < 4.78 is 19.6. The van der Waals surface area contributed by atoms with Crippen LogP contribution in [0.3, 0.4) is 0 Å². The summed E-state index contributed by atoms with van der Waals surface area (Å²) in [6.45, 7) is 2.85. The summed E-state index contributed by atoms with van der Waals surface area (Å²) in [4.78, 5) is 15.5. The smallest absolute Gasteiger partial charge is 0.252 e. The van der Waals surface area contributed by atoms with Gasteiger partial charge in [0.1, 0.15) is 11.9 Å². The molecule has 1 saturated heterocycles. The van der Waals surface area contributed by atoms with Gasteiger partial charge in [0.15, 0.2) is 0 Å². The second-order valence-corrected chi connectivity index (χ2v) is 8.97. The molecule has 1 fully saturated rings. The highest BCUT2D eigenvalue weighted by atomic mass is 19.1. The van der Waals surface area contributed by atoms with Crippen molar-refractivity contribution < 1.29 is 13.9 Å². The van der Waals surface area contributed by atoms with Gasteiger partial charge in [-0.3, -0.25) is 4.79 Å². The average Bonchev–Trinajstić information content (AvgIpc) is 3.33. The second-order valence-electron chi connectivity index (χ2n) is 8.97. The Hall–Kier alpha value is -3.02. The molecule has 3 aromatic rings. The molecule has 0 radical (unpaired) electrons. The molecule has 1 amide bonds. The molecular formula is C28H29FN2O2. The number of carbonyl (C=O) groups excluding carboxylic acids is 1. The zero-order chi connectivity index (χ0) is 22.6. The molecule has 5 heteroatoms. The number of carbonyl (C=O) groups is 1. The molecular weight excluding hydrogens is 415 g/mol. The Morgan fingerprint density at radius 3 is 2.58 bits per heavy atom. The van der Waals surface area contributed by atoms with E-state index in [1.165, 1.54) is 23.3 Å². The highest BCUT2D eigenvalue weighted by Crippen LogP contribution is 2.36. The minimum Gasteiger partial charge on any atom is -0.368 e. The van der Waals surface area contributed by atoms with E-state index in [1.807, 2.05) is 35.2 Å². The molecule has 0 bridgehead atoms. The van der Waals surface area contributed by atoms with Crippen LogP contribution in [0.4, 0.5) is 4.39 Å². The van der Waals surface area contributed by atoms with Gasteiger partial charge in [-0.05, 0) is 53.1 Å². The van der Waals surface area contributed by atoms with E-state index in [2.05, 4.69) is 29.6 Å². The number of rotatable bonds is 6. The number of nitrogens with zero attached hydrogens (tertiary/aromatic N) is 1. The second kappa shape index (κ2) is 9.86. The number of ether oxygens (including phenoxy) is 1. The zero-order valence-electron chi connectivity index (χ0n) is 18.6. The zero-order valence-corrected chi connectivity index (χ0v) is 18.6. The minimum atomic E-state index is -0.429. The number of benzene rings is 3. The third kappa shape index (κ3) is 4.85. The molecule has 1 unspecified atom stereocenters. The Morgan fingerprint density at radius 2 is 1.76 bits per heavy atom. The van der Waals surface area contributed by atoms with Crippen LogP contribution in [0.25, 0.3) is 0 Å². The fourth-order valence-electron chi connectivity index (χ4n) is 5.02. The first-order valence-corrected chi connectivity index (χ1v) is 11.7. The summed E-state index contributed by atoms with van der Waals surface area (Å²) in [6.07, 6.45) is 1.10. The fourth-order valence-corrected chi connectivity index (χ4v) is 5.02. The van der Waals surface area contributed by atoms with Gasteiger partial charge < -0.3 is 15.0 Å². The first kappa shape index (κ1) is 21.8. The maximum Gasteiger partial charge on any atom is 0.252 e. The van der Waals surface area contributed by atoms with Gasteiger partial charge in [-0.25, -0.2) is 4.39 Å². The van der Waals surface area contributed by atoms with Crippen molar-refractivity contribution in [2.75, 3.05) is 19.7 Å². The maximum absolute atomic E-state index is 13.6. The van der Waals surface area contributed by atoms with Crippen LogP contribution >= 0.6 is 0 Å². The monoisotopic (exact) mass is 444 g/mol.